The lowest BCUT2D eigenvalue weighted by Gasteiger charge is -2.10. The number of carbonyl (C=O) groups is 1. The lowest BCUT2D eigenvalue weighted by Crippen LogP contribution is -2.40. The van der Waals surface area contributed by atoms with Crippen molar-refractivity contribution in [2.75, 3.05) is 7.05 Å². The highest BCUT2D eigenvalue weighted by atomic mass is 32.1. The largest absolute Gasteiger partial charge is 0.358 e. The summed E-state index contributed by atoms with van der Waals surface area (Å²) in [5, 5.41) is 17.8. The molecule has 0 unspecified atom stereocenters. The zero-order valence-corrected chi connectivity index (χ0v) is 9.84. The Kier molecular flexibility index (Phi) is 4.39. The van der Waals surface area contributed by atoms with Gasteiger partial charge in [-0.2, -0.15) is 0 Å². The van der Waals surface area contributed by atoms with Gasteiger partial charge in [-0.1, -0.05) is 11.3 Å². The van der Waals surface area contributed by atoms with Crippen LogP contribution in [0.5, 0.6) is 0 Å². The maximum atomic E-state index is 11.2. The molecule has 0 bridgehead atoms. The summed E-state index contributed by atoms with van der Waals surface area (Å²) in [6, 6.07) is 1.19. The van der Waals surface area contributed by atoms with Crippen LogP contribution in [-0.4, -0.2) is 23.9 Å². The van der Waals surface area contributed by atoms with E-state index in [2.05, 4.69) is 10.6 Å². The number of nitro groups is 1. The van der Waals surface area contributed by atoms with E-state index in [1.807, 2.05) is 0 Å². The number of carbonyl (C=O) groups excluding carboxylic acids is 1. The average molecular weight is 243 g/mol. The van der Waals surface area contributed by atoms with Gasteiger partial charge < -0.3 is 10.6 Å². The first-order valence-corrected chi connectivity index (χ1v) is 5.59. The van der Waals surface area contributed by atoms with Crippen LogP contribution in [0.25, 0.3) is 0 Å². The van der Waals surface area contributed by atoms with Gasteiger partial charge in [0.15, 0.2) is 0 Å². The van der Waals surface area contributed by atoms with Crippen LogP contribution in [0.1, 0.15) is 12.5 Å². The minimum absolute atomic E-state index is 0.107. The Morgan fingerprint density at radius 1 is 1.69 bits per heavy atom. The second kappa shape index (κ2) is 5.57. The van der Waals surface area contributed by atoms with Crippen molar-refractivity contribution in [1.82, 2.24) is 10.6 Å². The molecule has 0 spiro atoms. The quantitative estimate of drug-likeness (QED) is 0.594. The van der Waals surface area contributed by atoms with E-state index >= 15 is 0 Å². The van der Waals surface area contributed by atoms with Gasteiger partial charge in [-0.05, 0) is 12.5 Å². The summed E-state index contributed by atoms with van der Waals surface area (Å²) in [6.45, 7) is 2.18. The monoisotopic (exact) mass is 243 g/mol. The van der Waals surface area contributed by atoms with Crippen LogP contribution in [0.3, 0.4) is 0 Å². The number of thiophene rings is 1. The smallest absolute Gasteiger partial charge is 0.324 e. The number of likely N-dealkylation sites (N-methyl/N-ethyl adjacent to an activating group) is 1. The van der Waals surface area contributed by atoms with E-state index in [1.165, 1.54) is 6.07 Å². The summed E-state index contributed by atoms with van der Waals surface area (Å²) in [5.74, 6) is -0.107. The summed E-state index contributed by atoms with van der Waals surface area (Å²) in [4.78, 5) is 21.2. The lowest BCUT2D eigenvalue weighted by atomic mass is 10.2. The molecule has 88 valence electrons. The summed E-state index contributed by atoms with van der Waals surface area (Å²) in [7, 11) is 1.57. The molecule has 0 aliphatic carbocycles. The summed E-state index contributed by atoms with van der Waals surface area (Å²) in [6.07, 6.45) is 0. The molecule has 16 heavy (non-hydrogen) atoms. The fourth-order valence-electron chi connectivity index (χ4n) is 1.13. The molecule has 1 amide bonds. The molecule has 2 N–H and O–H groups in total. The highest BCUT2D eigenvalue weighted by molar-refractivity contribution is 7.13. The Labute approximate surface area is 96.8 Å². The van der Waals surface area contributed by atoms with Crippen LogP contribution >= 0.6 is 11.3 Å². The molecule has 0 fully saturated rings. The van der Waals surface area contributed by atoms with Crippen LogP contribution in [0.2, 0.25) is 0 Å². The Morgan fingerprint density at radius 3 is 2.88 bits per heavy atom. The third kappa shape index (κ3) is 3.28. The van der Waals surface area contributed by atoms with Gasteiger partial charge >= 0.3 is 5.00 Å². The Bertz CT molecular complexity index is 391. The Balaban J connectivity index is 2.48. The van der Waals surface area contributed by atoms with Crippen LogP contribution in [0, 0.1) is 10.1 Å². The highest BCUT2D eigenvalue weighted by Crippen LogP contribution is 2.22. The van der Waals surface area contributed by atoms with Crippen LogP contribution in [0.4, 0.5) is 5.00 Å². The molecule has 0 aromatic carbocycles. The second-order valence-electron chi connectivity index (χ2n) is 3.27. The van der Waals surface area contributed by atoms with Gasteiger partial charge in [0.2, 0.25) is 5.91 Å². The molecule has 1 aromatic rings. The number of rotatable bonds is 5. The molecular weight excluding hydrogens is 230 g/mol. The summed E-state index contributed by atoms with van der Waals surface area (Å²) >= 11 is 1.08. The zero-order valence-electron chi connectivity index (χ0n) is 9.02. The van der Waals surface area contributed by atoms with Gasteiger partial charge in [0, 0.05) is 25.0 Å². The van der Waals surface area contributed by atoms with E-state index in [4.69, 9.17) is 0 Å². The maximum Gasteiger partial charge on any atom is 0.324 e. The molecule has 0 aliphatic heterocycles. The second-order valence-corrected chi connectivity index (χ2v) is 4.16. The van der Waals surface area contributed by atoms with Crippen molar-refractivity contribution >= 4 is 22.2 Å². The SMILES string of the molecule is CNC(=O)[C@@H](C)NCc1csc([N+](=O)[O-])c1. The van der Waals surface area contributed by atoms with E-state index in [1.54, 1.807) is 19.4 Å². The lowest BCUT2D eigenvalue weighted by molar-refractivity contribution is -0.380. The van der Waals surface area contributed by atoms with Crippen molar-refractivity contribution in [2.24, 2.45) is 0 Å². The Hall–Kier alpha value is -1.47. The van der Waals surface area contributed by atoms with Crippen LogP contribution in [-0.2, 0) is 11.3 Å². The van der Waals surface area contributed by atoms with E-state index in [9.17, 15) is 14.9 Å². The van der Waals surface area contributed by atoms with Gasteiger partial charge in [0.25, 0.3) is 0 Å². The van der Waals surface area contributed by atoms with Crippen molar-refractivity contribution in [3.8, 4) is 0 Å². The number of amides is 1. The maximum absolute atomic E-state index is 11.2. The van der Waals surface area contributed by atoms with Gasteiger partial charge in [-0.25, -0.2) is 0 Å². The molecule has 0 aliphatic rings. The van der Waals surface area contributed by atoms with E-state index in [0.717, 1.165) is 16.9 Å². The van der Waals surface area contributed by atoms with E-state index in [-0.39, 0.29) is 17.0 Å². The van der Waals surface area contributed by atoms with E-state index in [0.29, 0.717) is 6.54 Å². The molecule has 0 saturated carbocycles. The minimum Gasteiger partial charge on any atom is -0.358 e. The third-order valence-electron chi connectivity index (χ3n) is 2.07. The number of hydrogen-bond acceptors (Lipinski definition) is 5. The fraction of sp³-hybridized carbons (Fsp3) is 0.444. The number of nitrogens with zero attached hydrogens (tertiary/aromatic N) is 1. The predicted octanol–water partition coefficient (Wildman–Crippen LogP) is 0.880. The van der Waals surface area contributed by atoms with E-state index < -0.39 is 4.92 Å². The van der Waals surface area contributed by atoms with Crippen molar-refractivity contribution in [1.29, 1.82) is 0 Å². The average Bonchev–Trinajstić information content (AvgIpc) is 2.73. The molecule has 1 aromatic heterocycles. The third-order valence-corrected chi connectivity index (χ3v) is 3.00. The molecule has 1 rings (SSSR count). The molecule has 7 heteroatoms. The van der Waals surface area contributed by atoms with Crippen molar-refractivity contribution in [2.45, 2.75) is 19.5 Å². The number of hydrogen-bond donors (Lipinski definition) is 2. The van der Waals surface area contributed by atoms with Gasteiger partial charge in [-0.15, -0.1) is 0 Å². The normalized spacial score (nSPS) is 12.1. The molecule has 1 atom stereocenters. The van der Waals surface area contributed by atoms with Crippen molar-refractivity contribution in [3.63, 3.8) is 0 Å². The van der Waals surface area contributed by atoms with Crippen molar-refractivity contribution < 1.29 is 9.72 Å². The molecular formula is C9H13N3O3S. The summed E-state index contributed by atoms with van der Waals surface area (Å²) in [5.41, 5.74) is 0.812. The molecule has 1 heterocycles. The predicted molar refractivity (Wildman–Crippen MR) is 61.3 cm³/mol. The molecule has 6 nitrogen and oxygen atoms in total. The van der Waals surface area contributed by atoms with Crippen LogP contribution in [0.15, 0.2) is 11.4 Å². The number of nitrogens with one attached hydrogen (secondary N) is 2. The summed E-state index contributed by atoms with van der Waals surface area (Å²) < 4.78 is 0. The standard InChI is InChI=1S/C9H13N3O3S/c1-6(9(13)10-2)11-4-7-3-8(12(14)15)16-5-7/h3,5-6,11H,4H2,1-2H3,(H,10,13)/t6-/m1/s1. The van der Waals surface area contributed by atoms with Crippen molar-refractivity contribution in [3.05, 3.63) is 27.1 Å². The fourth-order valence-corrected chi connectivity index (χ4v) is 1.86. The molecule has 0 radical (unpaired) electrons. The molecule has 0 saturated heterocycles. The minimum atomic E-state index is -0.420. The first kappa shape index (κ1) is 12.6. The van der Waals surface area contributed by atoms with Gasteiger partial charge in [0.1, 0.15) is 0 Å². The topological polar surface area (TPSA) is 84.3 Å². The van der Waals surface area contributed by atoms with Gasteiger partial charge in [0.05, 0.1) is 11.0 Å². The first-order valence-electron chi connectivity index (χ1n) is 4.71. The first-order chi connectivity index (χ1) is 7.54. The van der Waals surface area contributed by atoms with Crippen LogP contribution < -0.4 is 10.6 Å². The Morgan fingerprint density at radius 2 is 2.38 bits per heavy atom. The highest BCUT2D eigenvalue weighted by Gasteiger charge is 2.12. The zero-order chi connectivity index (χ0) is 12.1. The van der Waals surface area contributed by atoms with Gasteiger partial charge in [-0.3, -0.25) is 14.9 Å².